The van der Waals surface area contributed by atoms with Crippen molar-refractivity contribution in [1.82, 2.24) is 4.57 Å². The highest BCUT2D eigenvalue weighted by molar-refractivity contribution is 7.85. The van der Waals surface area contributed by atoms with Crippen molar-refractivity contribution < 1.29 is 17.5 Å². The Hall–Kier alpha value is -0.880. The lowest BCUT2D eigenvalue weighted by Crippen LogP contribution is -2.37. The van der Waals surface area contributed by atoms with Gasteiger partial charge in [0.2, 0.25) is 0 Å². The van der Waals surface area contributed by atoms with Crippen molar-refractivity contribution in [3.63, 3.8) is 0 Å². The standard InChI is InChI=1S/C26H50N2O3S/c1-3-5-6-7-8-9-10-11-12-13-14-15-16-17-18-20-26-27(21-4-2)23-24-28(26)22-19-25-32(29,30)31/h23-24H,3-22,25H2,1-2H3/p+1. The highest BCUT2D eigenvalue weighted by atomic mass is 32.2. The molecule has 0 amide bonds. The Kier molecular flexibility index (Phi) is 16.9. The Morgan fingerprint density at radius 3 is 1.72 bits per heavy atom. The lowest BCUT2D eigenvalue weighted by molar-refractivity contribution is -0.703. The van der Waals surface area contributed by atoms with Gasteiger partial charge in [0.1, 0.15) is 12.4 Å². The van der Waals surface area contributed by atoms with Gasteiger partial charge in [-0.3, -0.25) is 4.55 Å². The summed E-state index contributed by atoms with van der Waals surface area (Å²) in [4.78, 5) is 0. The van der Waals surface area contributed by atoms with Crippen LogP contribution in [0.4, 0.5) is 0 Å². The van der Waals surface area contributed by atoms with Crippen LogP contribution in [0.2, 0.25) is 0 Å². The molecule has 0 spiro atoms. The van der Waals surface area contributed by atoms with Crippen LogP contribution in [-0.4, -0.2) is 23.3 Å². The first-order valence-corrected chi connectivity index (χ1v) is 15.1. The molecule has 0 saturated carbocycles. The molecule has 0 radical (unpaired) electrons. The fourth-order valence-corrected chi connectivity index (χ4v) is 5.00. The molecular formula is C26H51N2O3S+. The lowest BCUT2D eigenvalue weighted by atomic mass is 10.0. The first-order valence-electron chi connectivity index (χ1n) is 13.5. The van der Waals surface area contributed by atoms with Gasteiger partial charge in [-0.2, -0.15) is 8.42 Å². The van der Waals surface area contributed by atoms with Crippen molar-refractivity contribution in [2.75, 3.05) is 5.75 Å². The number of hydrogen-bond acceptors (Lipinski definition) is 2. The number of aromatic nitrogens is 2. The Morgan fingerprint density at radius 2 is 1.25 bits per heavy atom. The molecule has 1 heterocycles. The van der Waals surface area contributed by atoms with E-state index < -0.39 is 10.1 Å². The zero-order valence-corrected chi connectivity index (χ0v) is 21.9. The van der Waals surface area contributed by atoms with Crippen LogP contribution in [0.25, 0.3) is 0 Å². The predicted molar refractivity (Wildman–Crippen MR) is 135 cm³/mol. The number of rotatable bonds is 22. The summed E-state index contributed by atoms with van der Waals surface area (Å²) in [5.41, 5.74) is 0. The molecule has 0 aliphatic carbocycles. The summed E-state index contributed by atoms with van der Waals surface area (Å²) < 4.78 is 35.4. The van der Waals surface area contributed by atoms with Crippen molar-refractivity contribution in [1.29, 1.82) is 0 Å². The van der Waals surface area contributed by atoms with Crippen LogP contribution in [0.15, 0.2) is 12.4 Å². The molecule has 0 bridgehead atoms. The van der Waals surface area contributed by atoms with E-state index in [0.717, 1.165) is 19.4 Å². The third-order valence-electron chi connectivity index (χ3n) is 6.36. The van der Waals surface area contributed by atoms with E-state index in [1.54, 1.807) is 0 Å². The van der Waals surface area contributed by atoms with Crippen LogP contribution in [0.3, 0.4) is 0 Å². The number of aryl methyl sites for hydroxylation is 2. The number of nitrogens with zero attached hydrogens (tertiary/aromatic N) is 2. The van der Waals surface area contributed by atoms with E-state index in [1.165, 1.54) is 102 Å². The molecule has 1 rings (SSSR count). The molecule has 6 heteroatoms. The van der Waals surface area contributed by atoms with Crippen molar-refractivity contribution in [3.8, 4) is 0 Å². The second-order valence-corrected chi connectivity index (χ2v) is 11.0. The fourth-order valence-electron chi connectivity index (χ4n) is 4.51. The number of hydrogen-bond donors (Lipinski definition) is 1. The molecule has 1 aromatic rings. The van der Waals surface area contributed by atoms with Gasteiger partial charge in [-0.15, -0.1) is 0 Å². The largest absolute Gasteiger partial charge is 0.286 e. The third-order valence-corrected chi connectivity index (χ3v) is 7.16. The Balaban J connectivity index is 2.11. The van der Waals surface area contributed by atoms with Crippen LogP contribution >= 0.6 is 0 Å². The Morgan fingerprint density at radius 1 is 0.750 bits per heavy atom. The van der Waals surface area contributed by atoms with Crippen LogP contribution in [0.5, 0.6) is 0 Å². The maximum Gasteiger partial charge on any atom is 0.265 e. The summed E-state index contributed by atoms with van der Waals surface area (Å²) in [6.07, 6.45) is 27.3. The van der Waals surface area contributed by atoms with E-state index in [-0.39, 0.29) is 5.75 Å². The molecule has 0 atom stereocenters. The van der Waals surface area contributed by atoms with Gasteiger partial charge in [-0.25, -0.2) is 9.13 Å². The monoisotopic (exact) mass is 471 g/mol. The smallest absolute Gasteiger partial charge is 0.265 e. The Labute approximate surface area is 198 Å². The van der Waals surface area contributed by atoms with Gasteiger partial charge in [0.15, 0.2) is 0 Å². The van der Waals surface area contributed by atoms with Crippen molar-refractivity contribution in [2.24, 2.45) is 0 Å². The van der Waals surface area contributed by atoms with Gasteiger partial charge in [0.05, 0.1) is 18.8 Å². The quantitative estimate of drug-likeness (QED) is 0.114. The molecular weight excluding hydrogens is 420 g/mol. The average molecular weight is 472 g/mol. The molecule has 188 valence electrons. The molecule has 0 aliphatic heterocycles. The zero-order valence-electron chi connectivity index (χ0n) is 21.1. The molecule has 1 N–H and O–H groups in total. The molecule has 5 nitrogen and oxygen atoms in total. The summed E-state index contributed by atoms with van der Waals surface area (Å²) in [6.45, 7) is 6.10. The van der Waals surface area contributed by atoms with Gasteiger partial charge in [0, 0.05) is 12.8 Å². The normalized spacial score (nSPS) is 12.0. The van der Waals surface area contributed by atoms with E-state index in [0.29, 0.717) is 13.0 Å². The van der Waals surface area contributed by atoms with E-state index in [9.17, 15) is 8.42 Å². The summed E-state index contributed by atoms with van der Waals surface area (Å²) in [7, 11) is -3.87. The summed E-state index contributed by atoms with van der Waals surface area (Å²) >= 11 is 0. The summed E-state index contributed by atoms with van der Waals surface area (Å²) in [6, 6.07) is 0. The minimum atomic E-state index is -3.87. The maximum atomic E-state index is 11.0. The molecule has 0 unspecified atom stereocenters. The second-order valence-electron chi connectivity index (χ2n) is 9.44. The van der Waals surface area contributed by atoms with Crippen LogP contribution in [0, 0.1) is 0 Å². The topological polar surface area (TPSA) is 63.2 Å². The molecule has 1 aromatic heterocycles. The van der Waals surface area contributed by atoms with E-state index in [2.05, 4.69) is 35.4 Å². The number of imidazole rings is 1. The minimum absolute atomic E-state index is 0.169. The van der Waals surface area contributed by atoms with Crippen LogP contribution in [-0.2, 0) is 29.6 Å². The first-order chi connectivity index (χ1) is 15.5. The Bertz CT molecular complexity index is 671. The molecule has 0 saturated heterocycles. The van der Waals surface area contributed by atoms with Crippen molar-refractivity contribution in [3.05, 3.63) is 18.2 Å². The zero-order chi connectivity index (χ0) is 23.5. The molecule has 0 fully saturated rings. The van der Waals surface area contributed by atoms with Gasteiger partial charge in [-0.1, -0.05) is 104 Å². The summed E-state index contributed by atoms with van der Waals surface area (Å²) in [5.74, 6) is 1.12. The highest BCUT2D eigenvalue weighted by Gasteiger charge is 2.17. The number of unbranched alkanes of at least 4 members (excludes halogenated alkanes) is 14. The van der Waals surface area contributed by atoms with Crippen molar-refractivity contribution >= 4 is 10.1 Å². The lowest BCUT2D eigenvalue weighted by Gasteiger charge is -2.06. The van der Waals surface area contributed by atoms with Crippen LogP contribution < -0.4 is 4.57 Å². The minimum Gasteiger partial charge on any atom is -0.286 e. The van der Waals surface area contributed by atoms with Crippen molar-refractivity contribution in [2.45, 2.75) is 143 Å². The SMILES string of the molecule is CCCCCCCCCCCCCCCCCc1n(CCCS(=O)(=O)O)cc[n+]1CCC. The van der Waals surface area contributed by atoms with Gasteiger partial charge in [0.25, 0.3) is 15.9 Å². The maximum absolute atomic E-state index is 11.0. The van der Waals surface area contributed by atoms with Gasteiger partial charge in [-0.05, 0) is 12.8 Å². The fraction of sp³-hybridized carbons (Fsp3) is 0.885. The molecule has 0 aliphatic rings. The highest BCUT2D eigenvalue weighted by Crippen LogP contribution is 2.14. The molecule has 0 aromatic carbocycles. The van der Waals surface area contributed by atoms with Gasteiger partial charge >= 0.3 is 0 Å². The molecule has 32 heavy (non-hydrogen) atoms. The van der Waals surface area contributed by atoms with E-state index >= 15 is 0 Å². The second kappa shape index (κ2) is 18.5. The predicted octanol–water partition coefficient (Wildman–Crippen LogP) is 6.88. The van der Waals surface area contributed by atoms with Gasteiger partial charge < -0.3 is 0 Å². The van der Waals surface area contributed by atoms with Crippen LogP contribution in [0.1, 0.15) is 129 Å². The average Bonchev–Trinajstić information content (AvgIpc) is 3.11. The van der Waals surface area contributed by atoms with E-state index in [1.807, 2.05) is 0 Å². The first kappa shape index (κ1) is 29.2. The summed E-state index contributed by atoms with van der Waals surface area (Å²) in [5, 5.41) is 0. The third kappa shape index (κ3) is 15.0. The van der Waals surface area contributed by atoms with E-state index in [4.69, 9.17) is 4.55 Å².